The number of anilines is 2. The lowest BCUT2D eigenvalue weighted by atomic mass is 9.90. The van der Waals surface area contributed by atoms with Crippen molar-refractivity contribution < 1.29 is 23.9 Å². The van der Waals surface area contributed by atoms with Crippen molar-refractivity contribution in [3.63, 3.8) is 0 Å². The Hall–Kier alpha value is -4.64. The second kappa shape index (κ2) is 16.5. The van der Waals surface area contributed by atoms with Crippen molar-refractivity contribution >= 4 is 35.1 Å². The van der Waals surface area contributed by atoms with Crippen molar-refractivity contribution in [3.8, 4) is 11.5 Å². The largest absolute Gasteiger partial charge is 0.496 e. The number of urea groups is 1. The number of methoxy groups -OCH3 is 2. The fourth-order valence-corrected chi connectivity index (χ4v) is 6.54. The SMILES string of the molecule is C=CC(=O)NC1CCCCC1NC(C)N=C1/C(=C\C)CN(c2c(C)c(OC)cc(OC)c2C)C(=O)N1Cc1cccc(NC(=O)CC)c1. The normalized spacial score (nSPS) is 20.4. The smallest absolute Gasteiger partial charge is 0.330 e. The van der Waals surface area contributed by atoms with Crippen molar-refractivity contribution in [2.45, 2.75) is 91.5 Å². The first-order valence-electron chi connectivity index (χ1n) is 16.7. The highest BCUT2D eigenvalue weighted by molar-refractivity contribution is 6.16. The van der Waals surface area contributed by atoms with Gasteiger partial charge in [-0.25, -0.2) is 9.79 Å². The van der Waals surface area contributed by atoms with Crippen molar-refractivity contribution in [1.29, 1.82) is 0 Å². The van der Waals surface area contributed by atoms with Gasteiger partial charge in [-0.1, -0.05) is 44.6 Å². The molecule has 2 aliphatic rings. The van der Waals surface area contributed by atoms with Crippen molar-refractivity contribution in [1.82, 2.24) is 15.5 Å². The Balaban J connectivity index is 1.76. The summed E-state index contributed by atoms with van der Waals surface area (Å²) in [5, 5.41) is 9.61. The highest BCUT2D eigenvalue weighted by Gasteiger charge is 2.37. The molecule has 0 aromatic heterocycles. The van der Waals surface area contributed by atoms with E-state index in [9.17, 15) is 14.4 Å². The first-order valence-corrected chi connectivity index (χ1v) is 16.7. The van der Waals surface area contributed by atoms with Gasteiger partial charge in [-0.15, -0.1) is 0 Å². The Bertz CT molecular complexity index is 1560. The quantitative estimate of drug-likeness (QED) is 0.240. The Morgan fingerprint density at radius 1 is 1.08 bits per heavy atom. The van der Waals surface area contributed by atoms with Gasteiger partial charge in [0.25, 0.3) is 0 Å². The third-order valence-corrected chi connectivity index (χ3v) is 9.03. The van der Waals surface area contributed by atoms with Gasteiger partial charge in [0.05, 0.1) is 39.2 Å². The van der Waals surface area contributed by atoms with Gasteiger partial charge in [0, 0.05) is 47.0 Å². The number of ether oxygens (including phenoxy) is 2. The maximum Gasteiger partial charge on any atom is 0.330 e. The molecule has 2 aromatic rings. The fraction of sp³-hybridized carbons (Fsp3) is 0.459. The molecule has 0 spiro atoms. The molecule has 1 heterocycles. The number of amidine groups is 1. The number of rotatable bonds is 12. The number of amides is 4. The predicted molar refractivity (Wildman–Crippen MR) is 191 cm³/mol. The van der Waals surface area contributed by atoms with Crippen LogP contribution in [-0.4, -0.2) is 67.6 Å². The summed E-state index contributed by atoms with van der Waals surface area (Å²) in [6.07, 6.45) is 7.14. The first-order chi connectivity index (χ1) is 23.0. The van der Waals surface area contributed by atoms with Gasteiger partial charge in [-0.05, 0) is 64.3 Å². The third kappa shape index (κ3) is 8.25. The van der Waals surface area contributed by atoms with Crippen molar-refractivity contribution in [2.75, 3.05) is 31.0 Å². The molecule has 3 unspecified atom stereocenters. The molecule has 1 saturated heterocycles. The Labute approximate surface area is 284 Å². The molecule has 0 bridgehead atoms. The molecule has 11 nitrogen and oxygen atoms in total. The van der Waals surface area contributed by atoms with Gasteiger partial charge in [-0.2, -0.15) is 0 Å². The predicted octanol–water partition coefficient (Wildman–Crippen LogP) is 6.01. The van der Waals surface area contributed by atoms with Crippen LogP contribution in [0.2, 0.25) is 0 Å². The van der Waals surface area contributed by atoms with Crippen LogP contribution in [0, 0.1) is 13.8 Å². The first kappa shape index (κ1) is 36.2. The molecule has 4 amide bonds. The lowest BCUT2D eigenvalue weighted by Crippen LogP contribution is -2.55. The van der Waals surface area contributed by atoms with E-state index in [4.69, 9.17) is 14.5 Å². The summed E-state index contributed by atoms with van der Waals surface area (Å²) in [6.45, 7) is 13.7. The summed E-state index contributed by atoms with van der Waals surface area (Å²) in [4.78, 5) is 47.6. The molecule has 3 atom stereocenters. The maximum absolute atomic E-state index is 14.7. The van der Waals surface area contributed by atoms with E-state index < -0.39 is 0 Å². The van der Waals surface area contributed by atoms with Crippen LogP contribution in [-0.2, 0) is 16.1 Å². The van der Waals surface area contributed by atoms with Crippen molar-refractivity contribution in [2.24, 2.45) is 4.99 Å². The van der Waals surface area contributed by atoms with E-state index in [1.165, 1.54) is 6.08 Å². The van der Waals surface area contributed by atoms with E-state index in [-0.39, 0.29) is 42.6 Å². The molecule has 1 aliphatic carbocycles. The lowest BCUT2D eigenvalue weighted by Gasteiger charge is -2.40. The zero-order chi connectivity index (χ0) is 35.0. The molecule has 4 rings (SSSR count). The second-order valence-corrected chi connectivity index (χ2v) is 12.3. The average Bonchev–Trinajstić information content (AvgIpc) is 3.08. The highest BCUT2D eigenvalue weighted by atomic mass is 16.5. The minimum absolute atomic E-state index is 0.0219. The summed E-state index contributed by atoms with van der Waals surface area (Å²) >= 11 is 0. The summed E-state index contributed by atoms with van der Waals surface area (Å²) in [6, 6.07) is 9.09. The monoisotopic (exact) mass is 658 g/mol. The highest BCUT2D eigenvalue weighted by Crippen LogP contribution is 2.40. The minimum Gasteiger partial charge on any atom is -0.496 e. The molecule has 2 aromatic carbocycles. The Morgan fingerprint density at radius 2 is 1.75 bits per heavy atom. The van der Waals surface area contributed by atoms with Crippen LogP contribution < -0.4 is 30.3 Å². The number of aliphatic imine (C=N–C) groups is 1. The number of hydrogen-bond donors (Lipinski definition) is 3. The number of nitrogens with zero attached hydrogens (tertiary/aromatic N) is 3. The number of hydrogen-bond acceptors (Lipinski definition) is 7. The fourth-order valence-electron chi connectivity index (χ4n) is 6.54. The van der Waals surface area contributed by atoms with E-state index in [0.29, 0.717) is 36.0 Å². The maximum atomic E-state index is 14.7. The molecule has 258 valence electrons. The topological polar surface area (TPSA) is 125 Å². The molecule has 3 N–H and O–H groups in total. The molecular formula is C37H50N6O5. The lowest BCUT2D eigenvalue weighted by molar-refractivity contribution is -0.117. The summed E-state index contributed by atoms with van der Waals surface area (Å²) in [5.74, 6) is 1.53. The van der Waals surface area contributed by atoms with Gasteiger partial charge in [-0.3, -0.25) is 24.7 Å². The summed E-state index contributed by atoms with van der Waals surface area (Å²) < 4.78 is 11.4. The van der Waals surface area contributed by atoms with Crippen LogP contribution in [0.3, 0.4) is 0 Å². The van der Waals surface area contributed by atoms with Crippen LogP contribution in [0.4, 0.5) is 16.2 Å². The Kier molecular flexibility index (Phi) is 12.4. The number of nitrogens with one attached hydrogen (secondary N) is 3. The molecule has 1 aliphatic heterocycles. The molecule has 48 heavy (non-hydrogen) atoms. The average molecular weight is 659 g/mol. The summed E-state index contributed by atoms with van der Waals surface area (Å²) in [5.41, 5.74) is 4.74. The summed E-state index contributed by atoms with van der Waals surface area (Å²) in [7, 11) is 3.21. The van der Waals surface area contributed by atoms with Crippen LogP contribution in [0.25, 0.3) is 0 Å². The van der Waals surface area contributed by atoms with E-state index in [2.05, 4.69) is 22.5 Å². The Morgan fingerprint density at radius 3 is 2.35 bits per heavy atom. The van der Waals surface area contributed by atoms with E-state index in [0.717, 1.165) is 53.6 Å². The van der Waals surface area contributed by atoms with Crippen LogP contribution >= 0.6 is 0 Å². The zero-order valence-corrected chi connectivity index (χ0v) is 29.3. The van der Waals surface area contributed by atoms with Crippen LogP contribution in [0.15, 0.2) is 59.6 Å². The standard InChI is InChI=1S/C37H50N6O5/c1-9-27-22-42(35-23(4)31(47-7)20-32(48-8)24(35)5)37(46)43(21-26-15-14-16-28(19-26)40-33(44)10-2)36(27)39-25(6)38-29-17-12-13-18-30(29)41-34(45)11-3/h9,11,14-16,19-20,25,29-30,38H,3,10,12-13,17-18,21-22H2,1-2,4-8H3,(H,40,44)(H,41,45)/b27-9-,39-36?. The molecule has 2 fully saturated rings. The van der Waals surface area contributed by atoms with Gasteiger partial charge in [0.2, 0.25) is 11.8 Å². The second-order valence-electron chi connectivity index (χ2n) is 12.3. The minimum atomic E-state index is -0.362. The van der Waals surface area contributed by atoms with E-state index in [1.807, 2.05) is 64.1 Å². The van der Waals surface area contributed by atoms with E-state index >= 15 is 0 Å². The van der Waals surface area contributed by atoms with Crippen LogP contribution in [0.1, 0.15) is 69.6 Å². The number of allylic oxidation sites excluding steroid dienone is 1. The van der Waals surface area contributed by atoms with Gasteiger partial charge in [0.15, 0.2) is 0 Å². The van der Waals surface area contributed by atoms with Crippen LogP contribution in [0.5, 0.6) is 11.5 Å². The molecular weight excluding hydrogens is 608 g/mol. The molecule has 11 heteroatoms. The third-order valence-electron chi connectivity index (χ3n) is 9.03. The molecule has 0 radical (unpaired) electrons. The van der Waals surface area contributed by atoms with Crippen molar-refractivity contribution in [3.05, 3.63) is 71.3 Å². The van der Waals surface area contributed by atoms with Gasteiger partial charge >= 0.3 is 6.03 Å². The molecule has 1 saturated carbocycles. The van der Waals surface area contributed by atoms with E-state index in [1.54, 1.807) is 30.9 Å². The van der Waals surface area contributed by atoms with Gasteiger partial charge < -0.3 is 20.1 Å². The number of carbonyl (C=O) groups excluding carboxylic acids is 3. The zero-order valence-electron chi connectivity index (χ0n) is 29.3. The number of benzene rings is 2. The number of carbonyl (C=O) groups is 3. The van der Waals surface area contributed by atoms with Gasteiger partial charge in [0.1, 0.15) is 17.3 Å².